The van der Waals surface area contributed by atoms with Crippen LogP contribution >= 0.6 is 0 Å². The van der Waals surface area contributed by atoms with Gasteiger partial charge in [-0.2, -0.15) is 5.10 Å². The molecular formula is C20H25N3O3. The van der Waals surface area contributed by atoms with Crippen LogP contribution in [0.2, 0.25) is 0 Å². The van der Waals surface area contributed by atoms with Crippen molar-refractivity contribution in [2.45, 2.75) is 45.2 Å². The Morgan fingerprint density at radius 3 is 2.65 bits per heavy atom. The lowest BCUT2D eigenvalue weighted by Crippen LogP contribution is -2.39. The van der Waals surface area contributed by atoms with E-state index in [4.69, 9.17) is 4.74 Å². The summed E-state index contributed by atoms with van der Waals surface area (Å²) in [6.07, 6.45) is 7.35. The van der Waals surface area contributed by atoms with Crippen LogP contribution < -0.4 is 5.32 Å². The quantitative estimate of drug-likeness (QED) is 0.809. The van der Waals surface area contributed by atoms with Crippen LogP contribution in [-0.4, -0.2) is 34.3 Å². The van der Waals surface area contributed by atoms with Gasteiger partial charge in [-0.25, -0.2) is 4.79 Å². The number of benzene rings is 1. The van der Waals surface area contributed by atoms with Crippen LogP contribution in [-0.2, 0) is 16.1 Å². The van der Waals surface area contributed by atoms with E-state index in [1.54, 1.807) is 10.9 Å². The fraction of sp³-hybridized carbons (Fsp3) is 0.450. The third-order valence-electron chi connectivity index (χ3n) is 4.77. The van der Waals surface area contributed by atoms with E-state index in [2.05, 4.69) is 17.3 Å². The van der Waals surface area contributed by atoms with Gasteiger partial charge in [-0.05, 0) is 37.2 Å². The Bertz CT molecular complexity index is 734. The highest BCUT2D eigenvalue weighted by molar-refractivity contribution is 5.90. The van der Waals surface area contributed by atoms with Gasteiger partial charge in [-0.15, -0.1) is 0 Å². The van der Waals surface area contributed by atoms with Gasteiger partial charge in [0.2, 0.25) is 0 Å². The molecule has 0 bridgehead atoms. The average molecular weight is 355 g/mol. The van der Waals surface area contributed by atoms with Crippen molar-refractivity contribution in [3.8, 4) is 0 Å². The highest BCUT2D eigenvalue weighted by atomic mass is 16.5. The maximum atomic E-state index is 12.1. The van der Waals surface area contributed by atoms with E-state index in [1.165, 1.54) is 6.20 Å². The second-order valence-electron chi connectivity index (χ2n) is 7.01. The van der Waals surface area contributed by atoms with E-state index in [1.807, 2.05) is 30.3 Å². The molecule has 3 rings (SSSR count). The van der Waals surface area contributed by atoms with Gasteiger partial charge in [0.05, 0.1) is 18.3 Å². The van der Waals surface area contributed by atoms with Crippen molar-refractivity contribution < 1.29 is 14.3 Å². The highest BCUT2D eigenvalue weighted by Gasteiger charge is 2.20. The maximum Gasteiger partial charge on any atom is 0.341 e. The topological polar surface area (TPSA) is 73.2 Å². The Morgan fingerprint density at radius 2 is 1.92 bits per heavy atom. The van der Waals surface area contributed by atoms with Crippen molar-refractivity contribution in [3.63, 3.8) is 0 Å². The minimum Gasteiger partial charge on any atom is -0.452 e. The smallest absolute Gasteiger partial charge is 0.341 e. The van der Waals surface area contributed by atoms with Crippen LogP contribution in [0.4, 0.5) is 0 Å². The SMILES string of the molecule is CC1CCC(NC(=O)COC(=O)c2cnn(Cc3ccccc3)c2)CC1. The van der Waals surface area contributed by atoms with Crippen LogP contribution in [0.5, 0.6) is 0 Å². The van der Waals surface area contributed by atoms with E-state index < -0.39 is 5.97 Å². The molecule has 1 amide bonds. The second kappa shape index (κ2) is 8.65. The number of carbonyl (C=O) groups excluding carboxylic acids is 2. The van der Waals surface area contributed by atoms with Crippen molar-refractivity contribution in [1.29, 1.82) is 0 Å². The van der Waals surface area contributed by atoms with Crippen LogP contribution in [0, 0.1) is 5.92 Å². The third kappa shape index (κ3) is 5.18. The van der Waals surface area contributed by atoms with Gasteiger partial charge < -0.3 is 10.1 Å². The zero-order valence-electron chi connectivity index (χ0n) is 15.1. The molecule has 0 aliphatic heterocycles. The van der Waals surface area contributed by atoms with E-state index in [0.29, 0.717) is 12.1 Å². The van der Waals surface area contributed by atoms with Crippen LogP contribution in [0.3, 0.4) is 0 Å². The number of ether oxygens (including phenoxy) is 1. The summed E-state index contributed by atoms with van der Waals surface area (Å²) in [5.41, 5.74) is 1.44. The zero-order valence-corrected chi connectivity index (χ0v) is 15.1. The number of hydrogen-bond acceptors (Lipinski definition) is 4. The molecule has 0 radical (unpaired) electrons. The minimum atomic E-state index is -0.531. The first-order valence-electron chi connectivity index (χ1n) is 9.13. The molecule has 1 aliphatic carbocycles. The number of aromatic nitrogens is 2. The minimum absolute atomic E-state index is 0.200. The predicted octanol–water partition coefficient (Wildman–Crippen LogP) is 2.78. The number of esters is 1. The number of nitrogens with zero attached hydrogens (tertiary/aromatic N) is 2. The molecule has 1 aromatic carbocycles. The Kier molecular flexibility index (Phi) is 6.04. The van der Waals surface area contributed by atoms with Gasteiger partial charge in [0.15, 0.2) is 6.61 Å². The molecule has 1 aliphatic rings. The van der Waals surface area contributed by atoms with E-state index in [9.17, 15) is 9.59 Å². The first kappa shape index (κ1) is 18.2. The molecule has 6 nitrogen and oxygen atoms in total. The third-order valence-corrected chi connectivity index (χ3v) is 4.77. The number of amides is 1. The molecule has 1 heterocycles. The molecule has 2 aromatic rings. The molecule has 1 N–H and O–H groups in total. The van der Waals surface area contributed by atoms with E-state index >= 15 is 0 Å². The molecule has 26 heavy (non-hydrogen) atoms. The first-order valence-corrected chi connectivity index (χ1v) is 9.13. The van der Waals surface area contributed by atoms with Gasteiger partial charge in [0, 0.05) is 12.2 Å². The van der Waals surface area contributed by atoms with Gasteiger partial charge in [0.1, 0.15) is 0 Å². The van der Waals surface area contributed by atoms with Crippen molar-refractivity contribution in [2.75, 3.05) is 6.61 Å². The predicted molar refractivity (Wildman–Crippen MR) is 97.6 cm³/mol. The van der Waals surface area contributed by atoms with Crippen LogP contribution in [0.1, 0.15) is 48.5 Å². The first-order chi connectivity index (χ1) is 12.6. The van der Waals surface area contributed by atoms with Crippen molar-refractivity contribution in [3.05, 3.63) is 53.9 Å². The molecule has 1 aromatic heterocycles. The van der Waals surface area contributed by atoms with Gasteiger partial charge in [0.25, 0.3) is 5.91 Å². The summed E-state index contributed by atoms with van der Waals surface area (Å²) in [7, 11) is 0. The Balaban J connectivity index is 1.44. The molecular weight excluding hydrogens is 330 g/mol. The highest BCUT2D eigenvalue weighted by Crippen LogP contribution is 2.23. The number of carbonyl (C=O) groups is 2. The zero-order chi connectivity index (χ0) is 18.4. The summed E-state index contributed by atoms with van der Waals surface area (Å²) < 4.78 is 6.79. The number of hydrogen-bond donors (Lipinski definition) is 1. The van der Waals surface area contributed by atoms with Crippen molar-refractivity contribution >= 4 is 11.9 Å². The second-order valence-corrected chi connectivity index (χ2v) is 7.01. The van der Waals surface area contributed by atoms with Gasteiger partial charge >= 0.3 is 5.97 Å². The monoisotopic (exact) mass is 355 g/mol. The molecule has 1 saturated carbocycles. The van der Waals surface area contributed by atoms with Crippen molar-refractivity contribution in [1.82, 2.24) is 15.1 Å². The van der Waals surface area contributed by atoms with Gasteiger partial charge in [-0.1, -0.05) is 37.3 Å². The largest absolute Gasteiger partial charge is 0.452 e. The standard InChI is InChI=1S/C20H25N3O3/c1-15-7-9-18(10-8-15)22-19(24)14-26-20(25)17-11-21-23(13-17)12-16-5-3-2-4-6-16/h2-6,11,13,15,18H,7-10,12,14H2,1H3,(H,22,24). The Morgan fingerprint density at radius 1 is 1.19 bits per heavy atom. The summed E-state index contributed by atoms with van der Waals surface area (Å²) in [6.45, 7) is 2.56. The van der Waals surface area contributed by atoms with Crippen LogP contribution in [0.25, 0.3) is 0 Å². The molecule has 0 atom stereocenters. The number of rotatable bonds is 6. The van der Waals surface area contributed by atoms with E-state index in [-0.39, 0.29) is 18.6 Å². The average Bonchev–Trinajstić information content (AvgIpc) is 3.11. The lowest BCUT2D eigenvalue weighted by Gasteiger charge is -2.26. The number of nitrogens with one attached hydrogen (secondary N) is 1. The van der Waals surface area contributed by atoms with Crippen molar-refractivity contribution in [2.24, 2.45) is 5.92 Å². The lowest BCUT2D eigenvalue weighted by atomic mass is 9.87. The molecule has 0 saturated heterocycles. The molecule has 0 spiro atoms. The van der Waals surface area contributed by atoms with Gasteiger partial charge in [-0.3, -0.25) is 9.48 Å². The van der Waals surface area contributed by atoms with E-state index in [0.717, 1.165) is 37.2 Å². The summed E-state index contributed by atoms with van der Waals surface area (Å²) in [5, 5.41) is 7.12. The summed E-state index contributed by atoms with van der Waals surface area (Å²) >= 11 is 0. The molecule has 138 valence electrons. The summed E-state index contributed by atoms with van der Waals surface area (Å²) in [6, 6.07) is 10.1. The Hall–Kier alpha value is -2.63. The fourth-order valence-electron chi connectivity index (χ4n) is 3.21. The maximum absolute atomic E-state index is 12.1. The van der Waals surface area contributed by atoms with Crippen LogP contribution in [0.15, 0.2) is 42.7 Å². The molecule has 0 unspecified atom stereocenters. The lowest BCUT2D eigenvalue weighted by molar-refractivity contribution is -0.125. The summed E-state index contributed by atoms with van der Waals surface area (Å²) in [5.74, 6) is -0.0419. The molecule has 6 heteroatoms. The summed E-state index contributed by atoms with van der Waals surface area (Å²) in [4.78, 5) is 24.1. The normalized spacial score (nSPS) is 19.7. The Labute approximate surface area is 153 Å². The fourth-order valence-corrected chi connectivity index (χ4v) is 3.21. The molecule has 1 fully saturated rings.